The summed E-state index contributed by atoms with van der Waals surface area (Å²) >= 11 is 0. The van der Waals surface area contributed by atoms with Crippen molar-refractivity contribution in [2.45, 2.75) is 32.4 Å². The fourth-order valence-electron chi connectivity index (χ4n) is 2.93. The highest BCUT2D eigenvalue weighted by atomic mass is 16.5. The number of likely N-dealkylation sites (tertiary alicyclic amines) is 1. The minimum Gasteiger partial charge on any atom is -0.468 e. The number of aryl methyl sites for hydroxylation is 1. The molecule has 0 aliphatic carbocycles. The summed E-state index contributed by atoms with van der Waals surface area (Å²) in [4.78, 5) is 10.9. The molecule has 2 aromatic rings. The summed E-state index contributed by atoms with van der Waals surface area (Å²) in [6.07, 6.45) is 4.20. The van der Waals surface area contributed by atoms with E-state index in [4.69, 9.17) is 8.94 Å². The summed E-state index contributed by atoms with van der Waals surface area (Å²) in [6, 6.07) is 4.16. The summed E-state index contributed by atoms with van der Waals surface area (Å²) in [5.74, 6) is 2.84. The lowest BCUT2D eigenvalue weighted by Crippen LogP contribution is -2.42. The number of aromatic nitrogens is 2. The van der Waals surface area contributed by atoms with Crippen LogP contribution in [0.25, 0.3) is 0 Å². The van der Waals surface area contributed by atoms with Crippen LogP contribution in [0.3, 0.4) is 0 Å². The lowest BCUT2D eigenvalue weighted by atomic mass is 10.2. The van der Waals surface area contributed by atoms with Gasteiger partial charge >= 0.3 is 0 Å². The minimum atomic E-state index is 0.201. The fourth-order valence-corrected chi connectivity index (χ4v) is 2.93. The van der Waals surface area contributed by atoms with Gasteiger partial charge in [-0.05, 0) is 45.0 Å². The van der Waals surface area contributed by atoms with E-state index in [9.17, 15) is 0 Å². The maximum atomic E-state index is 5.63. The Morgan fingerprint density at radius 3 is 2.83 bits per heavy atom. The maximum absolute atomic E-state index is 5.63. The van der Waals surface area contributed by atoms with Gasteiger partial charge in [-0.1, -0.05) is 5.16 Å². The predicted molar refractivity (Wildman–Crippen MR) is 89.5 cm³/mol. The Morgan fingerprint density at radius 2 is 2.21 bits per heavy atom. The van der Waals surface area contributed by atoms with Crippen molar-refractivity contribution in [1.29, 1.82) is 0 Å². The van der Waals surface area contributed by atoms with Crippen LogP contribution < -0.4 is 10.6 Å². The molecule has 1 aliphatic rings. The van der Waals surface area contributed by atoms with E-state index in [2.05, 4.69) is 30.7 Å². The Kier molecular flexibility index (Phi) is 5.47. The highest BCUT2D eigenvalue weighted by Crippen LogP contribution is 2.24. The third kappa shape index (κ3) is 4.14. The zero-order valence-corrected chi connectivity index (χ0v) is 14.2. The van der Waals surface area contributed by atoms with Gasteiger partial charge in [0.05, 0.1) is 18.8 Å². The predicted octanol–water partition coefficient (Wildman–Crippen LogP) is 1.47. The Labute approximate surface area is 141 Å². The standard InChI is InChI=1S/C16H24N6O2/c1-12-20-15(24-21-12)11-19-16(17-2)18-10-13(14-6-5-9-23-14)22-7-3-4-8-22/h5-6,9,13H,3-4,7-8,10-11H2,1-2H3,(H2,17,18,19). The number of guanidine groups is 1. The van der Waals surface area contributed by atoms with Gasteiger partial charge in [0.2, 0.25) is 5.89 Å². The quantitative estimate of drug-likeness (QED) is 0.611. The first-order chi connectivity index (χ1) is 11.8. The minimum absolute atomic E-state index is 0.201. The van der Waals surface area contributed by atoms with Gasteiger partial charge in [-0.25, -0.2) is 0 Å². The van der Waals surface area contributed by atoms with Crippen molar-refractivity contribution in [3.63, 3.8) is 0 Å². The molecular weight excluding hydrogens is 308 g/mol. The molecule has 24 heavy (non-hydrogen) atoms. The van der Waals surface area contributed by atoms with E-state index in [1.807, 2.05) is 12.1 Å². The van der Waals surface area contributed by atoms with Crippen LogP contribution in [-0.4, -0.2) is 47.7 Å². The Hall–Kier alpha value is -2.35. The van der Waals surface area contributed by atoms with E-state index in [1.54, 1.807) is 20.2 Å². The summed E-state index contributed by atoms with van der Waals surface area (Å²) in [5.41, 5.74) is 0. The van der Waals surface area contributed by atoms with E-state index >= 15 is 0 Å². The van der Waals surface area contributed by atoms with Gasteiger partial charge in [0.1, 0.15) is 5.76 Å². The van der Waals surface area contributed by atoms with Gasteiger partial charge in [-0.15, -0.1) is 0 Å². The van der Waals surface area contributed by atoms with Crippen LogP contribution in [0.1, 0.15) is 36.4 Å². The van der Waals surface area contributed by atoms with Crippen molar-refractivity contribution in [3.05, 3.63) is 35.9 Å². The largest absolute Gasteiger partial charge is 0.468 e. The van der Waals surface area contributed by atoms with Crippen molar-refractivity contribution in [2.75, 3.05) is 26.7 Å². The van der Waals surface area contributed by atoms with E-state index in [0.29, 0.717) is 24.2 Å². The molecular formula is C16H24N6O2. The van der Waals surface area contributed by atoms with E-state index in [-0.39, 0.29) is 6.04 Å². The lowest BCUT2D eigenvalue weighted by Gasteiger charge is -2.26. The maximum Gasteiger partial charge on any atom is 0.246 e. The zero-order chi connectivity index (χ0) is 16.8. The van der Waals surface area contributed by atoms with Gasteiger partial charge in [0.25, 0.3) is 0 Å². The lowest BCUT2D eigenvalue weighted by molar-refractivity contribution is 0.215. The molecule has 3 rings (SSSR count). The molecule has 2 N–H and O–H groups in total. The number of hydrogen-bond acceptors (Lipinski definition) is 6. The van der Waals surface area contributed by atoms with Gasteiger partial charge in [0, 0.05) is 13.6 Å². The number of aliphatic imine (C=N–C) groups is 1. The molecule has 8 nitrogen and oxygen atoms in total. The second-order valence-corrected chi connectivity index (χ2v) is 5.82. The Morgan fingerprint density at radius 1 is 1.38 bits per heavy atom. The summed E-state index contributed by atoms with van der Waals surface area (Å²) in [5, 5.41) is 10.3. The first-order valence-electron chi connectivity index (χ1n) is 8.27. The second-order valence-electron chi connectivity index (χ2n) is 5.82. The number of rotatable bonds is 6. The summed E-state index contributed by atoms with van der Waals surface area (Å²) < 4.78 is 10.7. The topological polar surface area (TPSA) is 91.7 Å². The number of nitrogens with zero attached hydrogens (tertiary/aromatic N) is 4. The molecule has 1 saturated heterocycles. The molecule has 2 aromatic heterocycles. The third-order valence-corrected chi connectivity index (χ3v) is 4.12. The van der Waals surface area contributed by atoms with Crippen molar-refractivity contribution < 1.29 is 8.94 Å². The summed E-state index contributed by atoms with van der Waals surface area (Å²) in [6.45, 7) is 5.15. The molecule has 1 atom stereocenters. The van der Waals surface area contributed by atoms with Gasteiger partial charge in [0.15, 0.2) is 11.8 Å². The van der Waals surface area contributed by atoms with Crippen LogP contribution in [0.15, 0.2) is 32.3 Å². The van der Waals surface area contributed by atoms with E-state index in [1.165, 1.54) is 12.8 Å². The zero-order valence-electron chi connectivity index (χ0n) is 14.2. The third-order valence-electron chi connectivity index (χ3n) is 4.12. The monoisotopic (exact) mass is 332 g/mol. The van der Waals surface area contributed by atoms with E-state index in [0.717, 1.165) is 25.4 Å². The van der Waals surface area contributed by atoms with Crippen molar-refractivity contribution in [3.8, 4) is 0 Å². The average molecular weight is 332 g/mol. The number of nitrogens with one attached hydrogen (secondary N) is 2. The average Bonchev–Trinajstić information content (AvgIpc) is 3.33. The van der Waals surface area contributed by atoms with Crippen LogP contribution in [0.5, 0.6) is 0 Å². The molecule has 3 heterocycles. The van der Waals surface area contributed by atoms with Crippen LogP contribution >= 0.6 is 0 Å². The van der Waals surface area contributed by atoms with Gasteiger partial charge < -0.3 is 19.6 Å². The van der Waals surface area contributed by atoms with Crippen LogP contribution in [0, 0.1) is 6.92 Å². The molecule has 0 radical (unpaired) electrons. The Balaban J connectivity index is 1.56. The number of furan rings is 1. The molecule has 1 fully saturated rings. The molecule has 0 saturated carbocycles. The molecule has 1 aliphatic heterocycles. The molecule has 0 aromatic carbocycles. The van der Waals surface area contributed by atoms with Crippen molar-refractivity contribution >= 4 is 5.96 Å². The highest BCUT2D eigenvalue weighted by Gasteiger charge is 2.25. The van der Waals surface area contributed by atoms with Crippen LogP contribution in [-0.2, 0) is 6.54 Å². The smallest absolute Gasteiger partial charge is 0.246 e. The van der Waals surface area contributed by atoms with Crippen LogP contribution in [0.2, 0.25) is 0 Å². The van der Waals surface area contributed by atoms with Crippen LogP contribution in [0.4, 0.5) is 0 Å². The fraction of sp³-hybridized carbons (Fsp3) is 0.562. The molecule has 130 valence electrons. The summed E-state index contributed by atoms with van der Waals surface area (Å²) in [7, 11) is 1.74. The van der Waals surface area contributed by atoms with Crippen molar-refractivity contribution in [2.24, 2.45) is 4.99 Å². The molecule has 1 unspecified atom stereocenters. The second kappa shape index (κ2) is 7.96. The Bertz CT molecular complexity index is 645. The molecule has 8 heteroatoms. The van der Waals surface area contributed by atoms with Crippen molar-refractivity contribution in [1.82, 2.24) is 25.7 Å². The SMILES string of the molecule is CN=C(NCc1nc(C)no1)NCC(c1ccco1)N1CCCC1. The molecule has 0 bridgehead atoms. The molecule has 0 amide bonds. The number of hydrogen-bond donors (Lipinski definition) is 2. The van der Waals surface area contributed by atoms with E-state index < -0.39 is 0 Å². The first kappa shape index (κ1) is 16.5. The molecule has 0 spiro atoms. The van der Waals surface area contributed by atoms with Gasteiger partial charge in [-0.3, -0.25) is 9.89 Å². The normalized spacial score (nSPS) is 17.2. The first-order valence-corrected chi connectivity index (χ1v) is 8.27. The highest BCUT2D eigenvalue weighted by molar-refractivity contribution is 5.79. The van der Waals surface area contributed by atoms with Gasteiger partial charge in [-0.2, -0.15) is 4.98 Å².